The van der Waals surface area contributed by atoms with Gasteiger partial charge in [0.2, 0.25) is 17.7 Å². The number of amides is 4. The molecule has 166 valence electrons. The molecule has 3 aliphatic rings. The van der Waals surface area contributed by atoms with Crippen molar-refractivity contribution in [3.63, 3.8) is 0 Å². The summed E-state index contributed by atoms with van der Waals surface area (Å²) < 4.78 is 0. The van der Waals surface area contributed by atoms with Gasteiger partial charge in [0.25, 0.3) is 0 Å². The molecule has 10 nitrogen and oxygen atoms in total. The Morgan fingerprint density at radius 3 is 2.32 bits per heavy atom. The summed E-state index contributed by atoms with van der Waals surface area (Å²) in [5.41, 5.74) is 0.851. The highest BCUT2D eigenvalue weighted by atomic mass is 16.4. The third-order valence-corrected chi connectivity index (χ3v) is 6.44. The van der Waals surface area contributed by atoms with Crippen molar-refractivity contribution < 1.29 is 24.3 Å². The topological polar surface area (TPSA) is 123 Å². The Morgan fingerprint density at radius 1 is 1.00 bits per heavy atom. The minimum atomic E-state index is -0.938. The molecule has 0 radical (unpaired) electrons. The number of hydrogen-bond donors (Lipinski definition) is 2. The molecule has 1 aromatic rings. The van der Waals surface area contributed by atoms with E-state index in [1.165, 1.54) is 4.90 Å². The highest BCUT2D eigenvalue weighted by Crippen LogP contribution is 2.29. The van der Waals surface area contributed by atoms with Gasteiger partial charge in [0.1, 0.15) is 5.82 Å². The fourth-order valence-electron chi connectivity index (χ4n) is 4.57. The van der Waals surface area contributed by atoms with Crippen LogP contribution in [0.1, 0.15) is 37.2 Å². The minimum Gasteiger partial charge on any atom is -0.465 e. The standard InChI is InChI=1S/C21H27N5O5/c27-18-2-1-16(19(28)23-18)15-3-6-22-17(13-15)24-7-4-14(5-8-24)20(29)25-9-11-26(12-10-25)21(30)31/h3,6,13-14,16H,1-2,4-5,7-12H2,(H,30,31)(H,23,27,28). The minimum absolute atomic E-state index is 0.0639. The van der Waals surface area contributed by atoms with Crippen LogP contribution in [-0.4, -0.2) is 83.0 Å². The lowest BCUT2D eigenvalue weighted by Gasteiger charge is -2.38. The lowest BCUT2D eigenvalue weighted by Crippen LogP contribution is -2.52. The number of imide groups is 1. The van der Waals surface area contributed by atoms with Crippen LogP contribution < -0.4 is 10.2 Å². The first-order chi connectivity index (χ1) is 14.9. The predicted molar refractivity (Wildman–Crippen MR) is 110 cm³/mol. The Morgan fingerprint density at radius 2 is 1.68 bits per heavy atom. The van der Waals surface area contributed by atoms with Crippen LogP contribution in [-0.2, 0) is 14.4 Å². The zero-order chi connectivity index (χ0) is 22.0. The highest BCUT2D eigenvalue weighted by Gasteiger charge is 2.32. The number of piperidine rings is 2. The van der Waals surface area contributed by atoms with E-state index in [-0.39, 0.29) is 29.6 Å². The molecule has 0 bridgehead atoms. The molecule has 0 aromatic carbocycles. The third kappa shape index (κ3) is 4.62. The number of carbonyl (C=O) groups excluding carboxylic acids is 3. The van der Waals surface area contributed by atoms with E-state index >= 15 is 0 Å². The number of hydrogen-bond acceptors (Lipinski definition) is 6. The van der Waals surface area contributed by atoms with Gasteiger partial charge in [-0.3, -0.25) is 19.7 Å². The lowest BCUT2D eigenvalue weighted by atomic mass is 9.90. The zero-order valence-corrected chi connectivity index (χ0v) is 17.3. The largest absolute Gasteiger partial charge is 0.465 e. The van der Waals surface area contributed by atoms with Crippen molar-refractivity contribution in [1.82, 2.24) is 20.1 Å². The molecule has 4 amide bonds. The summed E-state index contributed by atoms with van der Waals surface area (Å²) in [6.45, 7) is 2.99. The van der Waals surface area contributed by atoms with E-state index in [1.807, 2.05) is 12.1 Å². The van der Waals surface area contributed by atoms with E-state index in [0.29, 0.717) is 65.0 Å². The average molecular weight is 429 g/mol. The quantitative estimate of drug-likeness (QED) is 0.676. The van der Waals surface area contributed by atoms with Crippen molar-refractivity contribution in [2.45, 2.75) is 31.6 Å². The van der Waals surface area contributed by atoms with E-state index in [4.69, 9.17) is 5.11 Å². The maximum Gasteiger partial charge on any atom is 0.407 e. The van der Waals surface area contributed by atoms with Gasteiger partial charge in [0.05, 0.1) is 5.92 Å². The van der Waals surface area contributed by atoms with E-state index in [1.54, 1.807) is 11.1 Å². The van der Waals surface area contributed by atoms with Gasteiger partial charge in [-0.25, -0.2) is 9.78 Å². The Kier molecular flexibility index (Phi) is 6.06. The summed E-state index contributed by atoms with van der Waals surface area (Å²) in [6.07, 6.45) is 3.01. The number of pyridine rings is 1. The second-order valence-corrected chi connectivity index (χ2v) is 8.31. The monoisotopic (exact) mass is 429 g/mol. The van der Waals surface area contributed by atoms with Crippen molar-refractivity contribution in [3.8, 4) is 0 Å². The molecule has 3 saturated heterocycles. The molecule has 31 heavy (non-hydrogen) atoms. The number of nitrogens with one attached hydrogen (secondary N) is 1. The first kappa shape index (κ1) is 21.1. The second-order valence-electron chi connectivity index (χ2n) is 8.31. The maximum absolute atomic E-state index is 12.9. The molecule has 4 rings (SSSR count). The Balaban J connectivity index is 1.33. The van der Waals surface area contributed by atoms with Gasteiger partial charge >= 0.3 is 6.09 Å². The number of rotatable bonds is 3. The summed E-state index contributed by atoms with van der Waals surface area (Å²) in [7, 11) is 0. The van der Waals surface area contributed by atoms with E-state index < -0.39 is 6.09 Å². The summed E-state index contributed by atoms with van der Waals surface area (Å²) in [6, 6.07) is 3.73. The van der Waals surface area contributed by atoms with Gasteiger partial charge < -0.3 is 19.8 Å². The number of piperazine rings is 1. The van der Waals surface area contributed by atoms with Crippen LogP contribution in [0.5, 0.6) is 0 Å². The first-order valence-electron chi connectivity index (χ1n) is 10.7. The van der Waals surface area contributed by atoms with Gasteiger partial charge in [0, 0.05) is 57.8 Å². The van der Waals surface area contributed by atoms with Gasteiger partial charge in [-0.15, -0.1) is 0 Å². The fraction of sp³-hybridized carbons (Fsp3) is 0.571. The van der Waals surface area contributed by atoms with Crippen LogP contribution in [0.15, 0.2) is 18.3 Å². The summed E-state index contributed by atoms with van der Waals surface area (Å²) in [5, 5.41) is 11.4. The van der Waals surface area contributed by atoms with Gasteiger partial charge in [0.15, 0.2) is 0 Å². The van der Waals surface area contributed by atoms with Crippen molar-refractivity contribution in [2.24, 2.45) is 5.92 Å². The molecule has 1 aromatic heterocycles. The molecule has 1 atom stereocenters. The summed E-state index contributed by atoms with van der Waals surface area (Å²) in [4.78, 5) is 57.2. The molecular formula is C21H27N5O5. The average Bonchev–Trinajstić information content (AvgIpc) is 2.79. The number of anilines is 1. The van der Waals surface area contributed by atoms with Crippen LogP contribution >= 0.6 is 0 Å². The van der Waals surface area contributed by atoms with Crippen molar-refractivity contribution >= 4 is 29.6 Å². The predicted octanol–water partition coefficient (Wildman–Crippen LogP) is 0.640. The van der Waals surface area contributed by atoms with Crippen LogP contribution in [0, 0.1) is 5.92 Å². The van der Waals surface area contributed by atoms with Crippen LogP contribution in [0.4, 0.5) is 10.6 Å². The molecule has 1 unspecified atom stereocenters. The normalized spacial score (nSPS) is 23.0. The Hall–Kier alpha value is -3.17. The molecular weight excluding hydrogens is 402 g/mol. The summed E-state index contributed by atoms with van der Waals surface area (Å²) >= 11 is 0. The SMILES string of the molecule is O=C1CCC(c2ccnc(N3CCC(C(=O)N4CCN(C(=O)O)CC4)CC3)c2)C(=O)N1. The van der Waals surface area contributed by atoms with E-state index in [9.17, 15) is 19.2 Å². The van der Waals surface area contributed by atoms with Crippen LogP contribution in [0.2, 0.25) is 0 Å². The molecule has 0 saturated carbocycles. The molecule has 10 heteroatoms. The third-order valence-electron chi connectivity index (χ3n) is 6.44. The van der Waals surface area contributed by atoms with Gasteiger partial charge in [-0.2, -0.15) is 0 Å². The fourth-order valence-corrected chi connectivity index (χ4v) is 4.57. The molecule has 2 N–H and O–H groups in total. The van der Waals surface area contributed by atoms with Crippen molar-refractivity contribution in [3.05, 3.63) is 23.9 Å². The van der Waals surface area contributed by atoms with E-state index in [2.05, 4.69) is 15.2 Å². The Bertz CT molecular complexity index is 875. The number of carbonyl (C=O) groups is 4. The van der Waals surface area contributed by atoms with E-state index in [0.717, 1.165) is 11.4 Å². The van der Waals surface area contributed by atoms with Crippen molar-refractivity contribution in [2.75, 3.05) is 44.2 Å². The molecule has 0 aliphatic carbocycles. The number of carboxylic acid groups (broad SMARTS) is 1. The lowest BCUT2D eigenvalue weighted by molar-refractivity contribution is -0.138. The highest BCUT2D eigenvalue weighted by molar-refractivity contribution is 6.01. The molecule has 4 heterocycles. The van der Waals surface area contributed by atoms with Crippen LogP contribution in [0.25, 0.3) is 0 Å². The van der Waals surface area contributed by atoms with Crippen molar-refractivity contribution in [1.29, 1.82) is 0 Å². The van der Waals surface area contributed by atoms with Gasteiger partial charge in [-0.05, 0) is 37.0 Å². The molecule has 3 fully saturated rings. The maximum atomic E-state index is 12.9. The first-order valence-corrected chi connectivity index (χ1v) is 10.7. The van der Waals surface area contributed by atoms with Gasteiger partial charge in [-0.1, -0.05) is 0 Å². The molecule has 3 aliphatic heterocycles. The summed E-state index contributed by atoms with van der Waals surface area (Å²) in [5.74, 6) is -0.0144. The number of aromatic nitrogens is 1. The number of nitrogens with zero attached hydrogens (tertiary/aromatic N) is 4. The van der Waals surface area contributed by atoms with Crippen LogP contribution in [0.3, 0.4) is 0 Å². The smallest absolute Gasteiger partial charge is 0.407 e. The second kappa shape index (κ2) is 8.91. The molecule has 0 spiro atoms. The zero-order valence-electron chi connectivity index (χ0n) is 17.3. The Labute approximate surface area is 180 Å².